The van der Waals surface area contributed by atoms with Crippen molar-refractivity contribution in [2.24, 2.45) is 4.99 Å². The minimum Gasteiger partial charge on any atom is -0.493 e. The summed E-state index contributed by atoms with van der Waals surface area (Å²) in [4.78, 5) is 7.34. The Morgan fingerprint density at radius 1 is 1.00 bits per heavy atom. The maximum Gasteiger partial charge on any atom is 0.203 e. The summed E-state index contributed by atoms with van der Waals surface area (Å²) in [5, 5.41) is 6.86. The number of piperidine rings is 1. The fourth-order valence-corrected chi connectivity index (χ4v) is 3.70. The van der Waals surface area contributed by atoms with E-state index in [0.717, 1.165) is 24.6 Å². The van der Waals surface area contributed by atoms with Gasteiger partial charge in [-0.15, -0.1) is 24.0 Å². The van der Waals surface area contributed by atoms with Crippen LogP contribution in [0.2, 0.25) is 0 Å². The molecule has 0 spiro atoms. The zero-order valence-corrected chi connectivity index (χ0v) is 21.7. The van der Waals surface area contributed by atoms with Gasteiger partial charge in [-0.2, -0.15) is 0 Å². The molecule has 1 heterocycles. The largest absolute Gasteiger partial charge is 0.493 e. The van der Waals surface area contributed by atoms with Crippen LogP contribution in [0.1, 0.15) is 45.6 Å². The number of rotatable bonds is 9. The van der Waals surface area contributed by atoms with E-state index in [1.54, 1.807) is 21.3 Å². The quantitative estimate of drug-likeness (QED) is 0.287. The van der Waals surface area contributed by atoms with E-state index in [-0.39, 0.29) is 29.5 Å². The van der Waals surface area contributed by atoms with Crippen molar-refractivity contribution < 1.29 is 14.2 Å². The number of hydrogen-bond donors (Lipinski definition) is 2. The second-order valence-electron chi connectivity index (χ2n) is 7.90. The maximum atomic E-state index is 5.57. The number of nitrogens with zero attached hydrogens (tertiary/aromatic N) is 2. The van der Waals surface area contributed by atoms with Gasteiger partial charge in [-0.1, -0.05) is 6.42 Å². The van der Waals surface area contributed by atoms with Gasteiger partial charge in [0.2, 0.25) is 5.75 Å². The number of benzene rings is 1. The smallest absolute Gasteiger partial charge is 0.203 e. The first-order chi connectivity index (χ1) is 14.0. The van der Waals surface area contributed by atoms with Gasteiger partial charge in [0.05, 0.1) is 27.9 Å². The molecular weight excluding hydrogens is 495 g/mol. The van der Waals surface area contributed by atoms with E-state index in [4.69, 9.17) is 19.2 Å². The highest BCUT2D eigenvalue weighted by Crippen LogP contribution is 2.39. The zero-order valence-electron chi connectivity index (χ0n) is 19.3. The van der Waals surface area contributed by atoms with Crippen molar-refractivity contribution in [3.63, 3.8) is 0 Å². The Balaban J connectivity index is 0.00000450. The van der Waals surface area contributed by atoms with E-state index >= 15 is 0 Å². The summed E-state index contributed by atoms with van der Waals surface area (Å²) >= 11 is 0. The van der Waals surface area contributed by atoms with Crippen LogP contribution in [0.5, 0.6) is 17.2 Å². The second-order valence-corrected chi connectivity index (χ2v) is 7.90. The minimum atomic E-state index is 0. The van der Waals surface area contributed by atoms with Crippen LogP contribution in [-0.4, -0.2) is 63.9 Å². The van der Waals surface area contributed by atoms with Crippen molar-refractivity contribution in [2.75, 3.05) is 47.5 Å². The number of aliphatic imine (C=N–C) groups is 1. The number of nitrogens with one attached hydrogen (secondary N) is 2. The lowest BCUT2D eigenvalue weighted by atomic mass is 9.98. The zero-order chi connectivity index (χ0) is 21.3. The third-order valence-electron chi connectivity index (χ3n) is 5.44. The number of ether oxygens (including phenoxy) is 3. The monoisotopic (exact) mass is 534 g/mol. The fraction of sp³-hybridized carbons (Fsp3) is 0.682. The highest BCUT2D eigenvalue weighted by molar-refractivity contribution is 14.0. The maximum absolute atomic E-state index is 5.57. The Bertz CT molecular complexity index is 677. The van der Waals surface area contributed by atoms with Crippen LogP contribution < -0.4 is 24.8 Å². The van der Waals surface area contributed by atoms with Crippen molar-refractivity contribution in [2.45, 2.75) is 52.1 Å². The van der Waals surface area contributed by atoms with Gasteiger partial charge in [-0.05, 0) is 58.8 Å². The van der Waals surface area contributed by atoms with Crippen LogP contribution in [0.25, 0.3) is 0 Å². The molecule has 1 aliphatic heterocycles. The van der Waals surface area contributed by atoms with Crippen LogP contribution in [0, 0.1) is 0 Å². The minimum absolute atomic E-state index is 0. The average molecular weight is 534 g/mol. The summed E-state index contributed by atoms with van der Waals surface area (Å²) in [5.41, 5.74) is 1.02. The molecule has 1 saturated heterocycles. The number of likely N-dealkylation sites (tertiary alicyclic amines) is 1. The van der Waals surface area contributed by atoms with Crippen LogP contribution in [0.4, 0.5) is 0 Å². The molecule has 2 rings (SSSR count). The average Bonchev–Trinajstić information content (AvgIpc) is 2.75. The van der Waals surface area contributed by atoms with Gasteiger partial charge in [0.15, 0.2) is 17.5 Å². The SMILES string of the molecule is CCNC(=NCc1ccc(OC)c(OC)c1OC)NCC(C)(C)N1CCCCC1.I. The summed E-state index contributed by atoms with van der Waals surface area (Å²) in [6.07, 6.45) is 3.92. The third-order valence-corrected chi connectivity index (χ3v) is 5.44. The lowest BCUT2D eigenvalue weighted by Gasteiger charge is -2.41. The predicted molar refractivity (Wildman–Crippen MR) is 134 cm³/mol. The van der Waals surface area contributed by atoms with Gasteiger partial charge in [-0.25, -0.2) is 4.99 Å². The molecule has 7 nitrogen and oxygen atoms in total. The Morgan fingerprint density at radius 3 is 2.23 bits per heavy atom. The molecule has 1 aromatic rings. The highest BCUT2D eigenvalue weighted by atomic mass is 127. The Hall–Kier alpha value is -1.42. The van der Waals surface area contributed by atoms with Crippen molar-refractivity contribution in [1.82, 2.24) is 15.5 Å². The van der Waals surface area contributed by atoms with E-state index in [2.05, 4.69) is 36.3 Å². The molecule has 1 fully saturated rings. The molecule has 0 saturated carbocycles. The van der Waals surface area contributed by atoms with Crippen LogP contribution in [0.3, 0.4) is 0 Å². The van der Waals surface area contributed by atoms with E-state index in [1.165, 1.54) is 32.4 Å². The van der Waals surface area contributed by atoms with Gasteiger partial charge in [-0.3, -0.25) is 4.90 Å². The first-order valence-corrected chi connectivity index (χ1v) is 10.5. The van der Waals surface area contributed by atoms with Crippen molar-refractivity contribution >= 4 is 29.9 Å². The first-order valence-electron chi connectivity index (χ1n) is 10.5. The predicted octanol–water partition coefficient (Wildman–Crippen LogP) is 3.65. The van der Waals surface area contributed by atoms with Gasteiger partial charge in [0, 0.05) is 24.2 Å². The first kappa shape index (κ1) is 26.6. The molecule has 1 aromatic carbocycles. The molecule has 0 bridgehead atoms. The molecule has 0 radical (unpaired) electrons. The van der Waals surface area contributed by atoms with Crippen LogP contribution in [-0.2, 0) is 6.54 Å². The van der Waals surface area contributed by atoms with Crippen molar-refractivity contribution in [3.05, 3.63) is 17.7 Å². The van der Waals surface area contributed by atoms with Gasteiger partial charge in [0.1, 0.15) is 0 Å². The number of guanidine groups is 1. The van der Waals surface area contributed by atoms with Crippen LogP contribution >= 0.6 is 24.0 Å². The summed E-state index contributed by atoms with van der Waals surface area (Å²) in [7, 11) is 4.86. The third kappa shape index (κ3) is 7.08. The van der Waals surface area contributed by atoms with Gasteiger partial charge < -0.3 is 24.8 Å². The number of hydrogen-bond acceptors (Lipinski definition) is 5. The van der Waals surface area contributed by atoms with E-state index in [1.807, 2.05) is 12.1 Å². The standard InChI is InChI=1S/C22H38N4O3.HI/c1-7-23-21(25-16-22(2,3)26-13-9-8-10-14-26)24-15-17-11-12-18(27-4)20(29-6)19(17)28-5;/h11-12H,7-10,13-16H2,1-6H3,(H2,23,24,25);1H. The van der Waals surface area contributed by atoms with Crippen LogP contribution in [0.15, 0.2) is 17.1 Å². The summed E-state index contributed by atoms with van der Waals surface area (Å²) in [5.74, 6) is 2.69. The van der Waals surface area contributed by atoms with E-state index in [9.17, 15) is 0 Å². The molecule has 0 unspecified atom stereocenters. The molecule has 172 valence electrons. The Labute approximate surface area is 199 Å². The molecule has 2 N–H and O–H groups in total. The van der Waals surface area contributed by atoms with Gasteiger partial charge in [0.25, 0.3) is 0 Å². The van der Waals surface area contributed by atoms with Crippen molar-refractivity contribution in [1.29, 1.82) is 0 Å². The molecule has 30 heavy (non-hydrogen) atoms. The number of halogens is 1. The topological polar surface area (TPSA) is 67.4 Å². The summed E-state index contributed by atoms with van der Waals surface area (Å²) < 4.78 is 16.4. The molecule has 1 aliphatic rings. The molecular formula is C22H39IN4O3. The lowest BCUT2D eigenvalue weighted by molar-refractivity contribution is 0.0982. The number of methoxy groups -OCH3 is 3. The summed E-state index contributed by atoms with van der Waals surface area (Å²) in [6, 6.07) is 3.84. The molecule has 8 heteroatoms. The normalized spacial score (nSPS) is 15.2. The molecule has 0 aromatic heterocycles. The Morgan fingerprint density at radius 2 is 1.67 bits per heavy atom. The second kappa shape index (κ2) is 13.1. The van der Waals surface area contributed by atoms with Crippen molar-refractivity contribution in [3.8, 4) is 17.2 Å². The van der Waals surface area contributed by atoms with E-state index < -0.39 is 0 Å². The molecule has 0 atom stereocenters. The summed E-state index contributed by atoms with van der Waals surface area (Å²) in [6.45, 7) is 11.1. The molecule has 0 aliphatic carbocycles. The Kier molecular flexibility index (Phi) is 11.6. The van der Waals surface area contributed by atoms with E-state index in [0.29, 0.717) is 23.8 Å². The van der Waals surface area contributed by atoms with Gasteiger partial charge >= 0.3 is 0 Å². The highest BCUT2D eigenvalue weighted by Gasteiger charge is 2.28. The fourth-order valence-electron chi connectivity index (χ4n) is 3.70. The lowest BCUT2D eigenvalue weighted by Crippen LogP contribution is -2.54. The molecule has 0 amide bonds.